The molecule has 1 aliphatic heterocycles. The van der Waals surface area contributed by atoms with E-state index in [2.05, 4.69) is 15.3 Å². The van der Waals surface area contributed by atoms with E-state index in [1.807, 2.05) is 25.7 Å². The fourth-order valence-corrected chi connectivity index (χ4v) is 3.82. The smallest absolute Gasteiger partial charge is 0.410 e. The van der Waals surface area contributed by atoms with Crippen LogP contribution in [-0.2, 0) is 4.74 Å². The number of hydrogen-bond acceptors (Lipinski definition) is 6. The van der Waals surface area contributed by atoms with Crippen LogP contribution < -0.4 is 11.1 Å². The zero-order chi connectivity index (χ0) is 18.7. The van der Waals surface area contributed by atoms with Gasteiger partial charge in [0.25, 0.3) is 0 Å². The molecule has 2 atom stereocenters. The number of nitrogens with zero attached hydrogens (tertiary/aromatic N) is 3. The maximum atomic E-state index is 12.1. The summed E-state index contributed by atoms with van der Waals surface area (Å²) < 4.78 is 5.47. The lowest BCUT2D eigenvalue weighted by Crippen LogP contribution is -2.42. The molecule has 3 N–H and O–H groups in total. The Morgan fingerprint density at radius 3 is 2.58 bits per heavy atom. The molecule has 0 radical (unpaired) electrons. The molecular formula is C19H31N5O2. The number of rotatable bonds is 5. The van der Waals surface area contributed by atoms with Gasteiger partial charge in [0, 0.05) is 19.6 Å². The van der Waals surface area contributed by atoms with Gasteiger partial charge >= 0.3 is 6.09 Å². The lowest BCUT2D eigenvalue weighted by atomic mass is 9.90. The van der Waals surface area contributed by atoms with Crippen molar-refractivity contribution in [3.8, 4) is 0 Å². The molecule has 7 heteroatoms. The molecular weight excluding hydrogens is 330 g/mol. The number of amides is 1. The van der Waals surface area contributed by atoms with Gasteiger partial charge in [0.15, 0.2) is 0 Å². The van der Waals surface area contributed by atoms with E-state index >= 15 is 0 Å². The van der Waals surface area contributed by atoms with E-state index in [-0.39, 0.29) is 6.09 Å². The number of carbonyl (C=O) groups excluding carboxylic acids is 1. The minimum absolute atomic E-state index is 0.170. The van der Waals surface area contributed by atoms with Crippen LogP contribution in [0, 0.1) is 17.8 Å². The molecule has 0 aromatic carbocycles. The van der Waals surface area contributed by atoms with E-state index in [1.165, 1.54) is 6.42 Å². The van der Waals surface area contributed by atoms with Crippen LogP contribution in [0.25, 0.3) is 0 Å². The highest BCUT2D eigenvalue weighted by molar-refractivity contribution is 5.68. The third-order valence-electron chi connectivity index (χ3n) is 5.24. The predicted molar refractivity (Wildman–Crippen MR) is 102 cm³/mol. The number of anilines is 2. The Labute approximate surface area is 155 Å². The van der Waals surface area contributed by atoms with Crippen molar-refractivity contribution in [1.82, 2.24) is 14.9 Å². The minimum Gasteiger partial charge on any atom is -0.444 e. The number of hydrogen-bond donors (Lipinski definition) is 2. The molecule has 1 saturated heterocycles. The summed E-state index contributed by atoms with van der Waals surface area (Å²) in [7, 11) is 0. The normalized spacial score (nSPS) is 23.6. The Bertz CT molecular complexity index is 605. The number of piperidine rings is 1. The molecule has 1 aliphatic carbocycles. The highest BCUT2D eigenvalue weighted by Crippen LogP contribution is 2.49. The standard InChI is InChI=1S/C19H31N5O2/c1-19(2,3)26-18(25)24-8-5-13(6-9-24)16-10-14(16)4-7-21-17-22-11-15(20)12-23-17/h11-14,16H,4-10,20H2,1-3H3,(H,21,22,23). The summed E-state index contributed by atoms with van der Waals surface area (Å²) in [6.07, 6.45) is 7.70. The third kappa shape index (κ3) is 5.22. The van der Waals surface area contributed by atoms with E-state index in [0.29, 0.717) is 11.6 Å². The van der Waals surface area contributed by atoms with Gasteiger partial charge in [-0.05, 0) is 64.2 Å². The van der Waals surface area contributed by atoms with Crippen molar-refractivity contribution in [1.29, 1.82) is 0 Å². The molecule has 1 saturated carbocycles. The Kier molecular flexibility index (Phi) is 5.53. The highest BCUT2D eigenvalue weighted by atomic mass is 16.6. The molecule has 2 fully saturated rings. The Morgan fingerprint density at radius 1 is 1.31 bits per heavy atom. The average Bonchev–Trinajstić information content (AvgIpc) is 3.35. The first-order valence-corrected chi connectivity index (χ1v) is 9.61. The number of nitrogens with two attached hydrogens (primary N) is 1. The molecule has 26 heavy (non-hydrogen) atoms. The zero-order valence-corrected chi connectivity index (χ0v) is 16.1. The van der Waals surface area contributed by atoms with Gasteiger partial charge < -0.3 is 20.7 Å². The second-order valence-electron chi connectivity index (χ2n) is 8.52. The maximum Gasteiger partial charge on any atom is 0.410 e. The number of likely N-dealkylation sites (tertiary alicyclic amines) is 1. The fraction of sp³-hybridized carbons (Fsp3) is 0.737. The van der Waals surface area contributed by atoms with Gasteiger partial charge in [0.1, 0.15) is 5.60 Å². The van der Waals surface area contributed by atoms with Crippen LogP contribution in [0.2, 0.25) is 0 Å². The van der Waals surface area contributed by atoms with Crippen LogP contribution in [0.3, 0.4) is 0 Å². The summed E-state index contributed by atoms with van der Waals surface area (Å²) >= 11 is 0. The topological polar surface area (TPSA) is 93.4 Å². The average molecular weight is 361 g/mol. The van der Waals surface area contributed by atoms with E-state index in [9.17, 15) is 4.79 Å². The Balaban J connectivity index is 1.34. The number of nitrogens with one attached hydrogen (secondary N) is 1. The van der Waals surface area contributed by atoms with Crippen molar-refractivity contribution in [3.05, 3.63) is 12.4 Å². The van der Waals surface area contributed by atoms with E-state index in [0.717, 1.165) is 56.7 Å². The first kappa shape index (κ1) is 18.7. The van der Waals surface area contributed by atoms with Gasteiger partial charge in [-0.15, -0.1) is 0 Å². The minimum atomic E-state index is -0.420. The van der Waals surface area contributed by atoms with Crippen molar-refractivity contribution < 1.29 is 9.53 Å². The molecule has 1 amide bonds. The number of aromatic nitrogens is 2. The van der Waals surface area contributed by atoms with Crippen molar-refractivity contribution >= 4 is 17.7 Å². The Hall–Kier alpha value is -2.05. The van der Waals surface area contributed by atoms with Gasteiger partial charge in [0.05, 0.1) is 18.1 Å². The lowest BCUT2D eigenvalue weighted by molar-refractivity contribution is 0.0174. The summed E-state index contributed by atoms with van der Waals surface area (Å²) in [5.41, 5.74) is 5.75. The summed E-state index contributed by atoms with van der Waals surface area (Å²) in [4.78, 5) is 22.3. The highest BCUT2D eigenvalue weighted by Gasteiger charge is 2.43. The molecule has 2 heterocycles. The largest absolute Gasteiger partial charge is 0.444 e. The van der Waals surface area contributed by atoms with Crippen molar-refractivity contribution in [2.24, 2.45) is 17.8 Å². The molecule has 0 spiro atoms. The molecule has 1 aromatic heterocycles. The van der Waals surface area contributed by atoms with Crippen molar-refractivity contribution in [2.45, 2.75) is 52.1 Å². The quantitative estimate of drug-likeness (QED) is 0.837. The van der Waals surface area contributed by atoms with Gasteiger partial charge in [0.2, 0.25) is 5.95 Å². The third-order valence-corrected chi connectivity index (χ3v) is 5.24. The van der Waals surface area contributed by atoms with E-state index in [4.69, 9.17) is 10.5 Å². The summed E-state index contributed by atoms with van der Waals surface area (Å²) in [5, 5.41) is 3.26. The van der Waals surface area contributed by atoms with Gasteiger partial charge in [-0.25, -0.2) is 14.8 Å². The summed E-state index contributed by atoms with van der Waals surface area (Å²) in [6, 6.07) is 0. The summed E-state index contributed by atoms with van der Waals surface area (Å²) in [5.74, 6) is 2.98. The zero-order valence-electron chi connectivity index (χ0n) is 16.1. The van der Waals surface area contributed by atoms with Gasteiger partial charge in [-0.2, -0.15) is 0 Å². The van der Waals surface area contributed by atoms with Crippen LogP contribution in [0.1, 0.15) is 46.5 Å². The molecule has 144 valence electrons. The maximum absolute atomic E-state index is 12.1. The fourth-order valence-electron chi connectivity index (χ4n) is 3.82. The van der Waals surface area contributed by atoms with Gasteiger partial charge in [-0.3, -0.25) is 0 Å². The first-order chi connectivity index (χ1) is 12.3. The number of carbonyl (C=O) groups is 1. The molecule has 0 bridgehead atoms. The van der Waals surface area contributed by atoms with E-state index < -0.39 is 5.60 Å². The second-order valence-corrected chi connectivity index (χ2v) is 8.52. The molecule has 3 rings (SSSR count). The molecule has 7 nitrogen and oxygen atoms in total. The van der Waals surface area contributed by atoms with Crippen LogP contribution in [0.4, 0.5) is 16.4 Å². The van der Waals surface area contributed by atoms with Crippen LogP contribution in [0.5, 0.6) is 0 Å². The molecule has 2 unspecified atom stereocenters. The van der Waals surface area contributed by atoms with Crippen LogP contribution in [0.15, 0.2) is 12.4 Å². The molecule has 1 aromatic rings. The summed E-state index contributed by atoms with van der Waals surface area (Å²) in [6.45, 7) is 8.27. The predicted octanol–water partition coefficient (Wildman–Crippen LogP) is 3.14. The Morgan fingerprint density at radius 2 is 1.96 bits per heavy atom. The van der Waals surface area contributed by atoms with Gasteiger partial charge in [-0.1, -0.05) is 0 Å². The SMILES string of the molecule is CC(C)(C)OC(=O)N1CCC(C2CC2CCNc2ncc(N)cn2)CC1. The second kappa shape index (κ2) is 7.68. The van der Waals surface area contributed by atoms with Crippen molar-refractivity contribution in [2.75, 3.05) is 30.7 Å². The van der Waals surface area contributed by atoms with Crippen LogP contribution in [-0.4, -0.2) is 46.2 Å². The van der Waals surface area contributed by atoms with E-state index in [1.54, 1.807) is 12.4 Å². The lowest BCUT2D eigenvalue weighted by Gasteiger charge is -2.33. The first-order valence-electron chi connectivity index (χ1n) is 9.61. The number of ether oxygens (including phenoxy) is 1. The number of nitrogen functional groups attached to an aromatic ring is 1. The monoisotopic (exact) mass is 361 g/mol. The molecule has 2 aliphatic rings. The van der Waals surface area contributed by atoms with Crippen molar-refractivity contribution in [3.63, 3.8) is 0 Å². The van der Waals surface area contributed by atoms with Crippen LogP contribution >= 0.6 is 0 Å².